The van der Waals surface area contributed by atoms with Crippen molar-refractivity contribution in [2.45, 2.75) is 51.6 Å². The molecule has 7 nitrogen and oxygen atoms in total. The largest absolute Gasteiger partial charge is 0.354 e. The number of amides is 2. The average Bonchev–Trinajstić information content (AvgIpc) is 2.86. The summed E-state index contributed by atoms with van der Waals surface area (Å²) in [6.45, 7) is 8.15. The standard InChI is InChI=1S/C29H37N3O4S/c1-6-27(29(34)30-18-21(2)3)32(19-23-11-9-10-22(4)16-23)28(33)20-31(5)37(35,36)26-15-14-24-12-7-8-13-25(24)17-26/h7-17,21,27H,6,18-20H2,1-5H3,(H,30,34). The van der Waals surface area contributed by atoms with Gasteiger partial charge in [0.25, 0.3) is 0 Å². The molecule has 3 aromatic carbocycles. The van der Waals surface area contributed by atoms with E-state index in [9.17, 15) is 18.0 Å². The topological polar surface area (TPSA) is 86.8 Å². The molecule has 2 amide bonds. The van der Waals surface area contributed by atoms with Crippen molar-refractivity contribution in [3.8, 4) is 0 Å². The van der Waals surface area contributed by atoms with Crippen LogP contribution in [0.15, 0.2) is 71.6 Å². The molecule has 0 aliphatic carbocycles. The van der Waals surface area contributed by atoms with Crippen LogP contribution in [0.25, 0.3) is 10.8 Å². The second kappa shape index (κ2) is 12.3. The fourth-order valence-electron chi connectivity index (χ4n) is 4.22. The number of fused-ring (bicyclic) bond motifs is 1. The summed E-state index contributed by atoms with van der Waals surface area (Å²) in [5.74, 6) is -0.405. The number of nitrogens with one attached hydrogen (secondary N) is 1. The van der Waals surface area contributed by atoms with Crippen LogP contribution in [0.1, 0.15) is 38.3 Å². The number of aryl methyl sites for hydroxylation is 1. The van der Waals surface area contributed by atoms with Crippen molar-refractivity contribution < 1.29 is 18.0 Å². The van der Waals surface area contributed by atoms with Crippen molar-refractivity contribution in [2.24, 2.45) is 5.92 Å². The summed E-state index contributed by atoms with van der Waals surface area (Å²) in [6.07, 6.45) is 0.405. The van der Waals surface area contributed by atoms with Gasteiger partial charge in [0.05, 0.1) is 11.4 Å². The minimum Gasteiger partial charge on any atom is -0.354 e. The van der Waals surface area contributed by atoms with Crippen LogP contribution in [0.5, 0.6) is 0 Å². The highest BCUT2D eigenvalue weighted by molar-refractivity contribution is 7.89. The van der Waals surface area contributed by atoms with Crippen LogP contribution >= 0.6 is 0 Å². The summed E-state index contributed by atoms with van der Waals surface area (Å²) < 4.78 is 27.8. The smallest absolute Gasteiger partial charge is 0.243 e. The lowest BCUT2D eigenvalue weighted by molar-refractivity contribution is -0.141. The molecule has 0 heterocycles. The Morgan fingerprint density at radius 1 is 0.946 bits per heavy atom. The van der Waals surface area contributed by atoms with Gasteiger partial charge in [0, 0.05) is 20.1 Å². The molecule has 0 aliphatic heterocycles. The number of benzene rings is 3. The van der Waals surface area contributed by atoms with Gasteiger partial charge in [-0.1, -0.05) is 80.9 Å². The number of nitrogens with zero attached hydrogens (tertiary/aromatic N) is 2. The van der Waals surface area contributed by atoms with E-state index >= 15 is 0 Å². The summed E-state index contributed by atoms with van der Waals surface area (Å²) in [5, 5.41) is 4.66. The van der Waals surface area contributed by atoms with E-state index in [1.807, 2.05) is 76.2 Å². The molecule has 1 unspecified atom stereocenters. The third kappa shape index (κ3) is 7.17. The van der Waals surface area contributed by atoms with Gasteiger partial charge >= 0.3 is 0 Å². The Balaban J connectivity index is 1.87. The van der Waals surface area contributed by atoms with Gasteiger partial charge in [0.15, 0.2) is 0 Å². The van der Waals surface area contributed by atoms with E-state index in [1.54, 1.807) is 18.2 Å². The zero-order chi connectivity index (χ0) is 27.2. The maximum Gasteiger partial charge on any atom is 0.243 e. The molecule has 3 rings (SSSR count). The number of carbonyl (C=O) groups excluding carboxylic acids is 2. The van der Waals surface area contributed by atoms with Crippen molar-refractivity contribution >= 4 is 32.6 Å². The highest BCUT2D eigenvalue weighted by atomic mass is 32.2. The summed E-state index contributed by atoms with van der Waals surface area (Å²) in [4.78, 5) is 28.3. The molecule has 37 heavy (non-hydrogen) atoms. The van der Waals surface area contributed by atoms with Crippen molar-refractivity contribution in [1.29, 1.82) is 0 Å². The molecule has 1 N–H and O–H groups in total. The fourth-order valence-corrected chi connectivity index (χ4v) is 5.38. The number of rotatable bonds is 11. The Labute approximate surface area is 220 Å². The molecule has 3 aromatic rings. The van der Waals surface area contributed by atoms with Crippen molar-refractivity contribution in [3.05, 3.63) is 77.9 Å². The quantitative estimate of drug-likeness (QED) is 0.405. The zero-order valence-electron chi connectivity index (χ0n) is 22.3. The first-order valence-corrected chi connectivity index (χ1v) is 14.0. The first-order chi connectivity index (χ1) is 17.5. The molecule has 0 bridgehead atoms. The normalized spacial score (nSPS) is 12.6. The average molecular weight is 524 g/mol. The maximum absolute atomic E-state index is 13.6. The first kappa shape index (κ1) is 28.3. The second-order valence-electron chi connectivity index (χ2n) is 9.84. The van der Waals surface area contributed by atoms with Gasteiger partial charge in [0.1, 0.15) is 6.04 Å². The van der Waals surface area contributed by atoms with Crippen LogP contribution in [0, 0.1) is 12.8 Å². The molecule has 0 saturated carbocycles. The molecule has 0 fully saturated rings. The monoisotopic (exact) mass is 523 g/mol. The van der Waals surface area contributed by atoms with Gasteiger partial charge < -0.3 is 10.2 Å². The number of hydrogen-bond donors (Lipinski definition) is 1. The van der Waals surface area contributed by atoms with Crippen LogP contribution in [0.3, 0.4) is 0 Å². The number of likely N-dealkylation sites (N-methyl/N-ethyl adjacent to an activating group) is 1. The van der Waals surface area contributed by atoms with E-state index in [0.717, 1.165) is 26.2 Å². The Kier molecular flexibility index (Phi) is 9.45. The number of sulfonamides is 1. The van der Waals surface area contributed by atoms with E-state index in [1.165, 1.54) is 11.9 Å². The minimum atomic E-state index is -3.93. The van der Waals surface area contributed by atoms with E-state index in [4.69, 9.17) is 0 Å². The number of hydrogen-bond acceptors (Lipinski definition) is 4. The molecule has 0 aliphatic rings. The van der Waals surface area contributed by atoms with Crippen LogP contribution < -0.4 is 5.32 Å². The molecule has 0 radical (unpaired) electrons. The first-order valence-electron chi connectivity index (χ1n) is 12.6. The summed E-state index contributed by atoms with van der Waals surface area (Å²) in [7, 11) is -2.53. The van der Waals surface area contributed by atoms with Gasteiger partial charge in [-0.3, -0.25) is 9.59 Å². The van der Waals surface area contributed by atoms with E-state index < -0.39 is 22.0 Å². The lowest BCUT2D eigenvalue weighted by Gasteiger charge is -2.32. The Morgan fingerprint density at radius 2 is 1.65 bits per heavy atom. The summed E-state index contributed by atoms with van der Waals surface area (Å²) in [6, 6.07) is 19.5. The van der Waals surface area contributed by atoms with E-state index in [0.29, 0.717) is 13.0 Å². The molecule has 0 saturated heterocycles. The van der Waals surface area contributed by atoms with Crippen molar-refractivity contribution in [1.82, 2.24) is 14.5 Å². The SMILES string of the molecule is CCC(C(=O)NCC(C)C)N(Cc1cccc(C)c1)C(=O)CN(C)S(=O)(=O)c1ccc2ccccc2c1. The molecule has 198 valence electrons. The molecule has 0 aromatic heterocycles. The van der Waals surface area contributed by atoms with E-state index in [-0.39, 0.29) is 29.8 Å². The van der Waals surface area contributed by atoms with Crippen LogP contribution in [0.4, 0.5) is 0 Å². The highest BCUT2D eigenvalue weighted by Gasteiger charge is 2.32. The zero-order valence-corrected chi connectivity index (χ0v) is 23.1. The number of carbonyl (C=O) groups is 2. The fraction of sp³-hybridized carbons (Fsp3) is 0.379. The lowest BCUT2D eigenvalue weighted by Crippen LogP contribution is -2.52. The van der Waals surface area contributed by atoms with Crippen LogP contribution in [-0.4, -0.2) is 55.6 Å². The van der Waals surface area contributed by atoms with E-state index in [2.05, 4.69) is 5.32 Å². The third-order valence-electron chi connectivity index (χ3n) is 6.29. The second-order valence-corrected chi connectivity index (χ2v) is 11.9. The Hall–Kier alpha value is -3.23. The lowest BCUT2D eigenvalue weighted by atomic mass is 10.1. The third-order valence-corrected chi connectivity index (χ3v) is 8.09. The summed E-state index contributed by atoms with van der Waals surface area (Å²) in [5.41, 5.74) is 1.92. The molecule has 8 heteroatoms. The molecular formula is C29H37N3O4S. The van der Waals surface area contributed by atoms with Crippen molar-refractivity contribution in [3.63, 3.8) is 0 Å². The molecule has 0 spiro atoms. The van der Waals surface area contributed by atoms with Gasteiger partial charge in [-0.25, -0.2) is 8.42 Å². The van der Waals surface area contributed by atoms with Gasteiger partial charge in [0.2, 0.25) is 21.8 Å². The van der Waals surface area contributed by atoms with Gasteiger partial charge in [-0.2, -0.15) is 4.31 Å². The van der Waals surface area contributed by atoms with Gasteiger partial charge in [-0.05, 0) is 47.7 Å². The Morgan fingerprint density at radius 3 is 2.30 bits per heavy atom. The van der Waals surface area contributed by atoms with Crippen molar-refractivity contribution in [2.75, 3.05) is 20.1 Å². The predicted molar refractivity (Wildman–Crippen MR) is 147 cm³/mol. The van der Waals surface area contributed by atoms with Gasteiger partial charge in [-0.15, -0.1) is 0 Å². The maximum atomic E-state index is 13.6. The molecule has 1 atom stereocenters. The molecular weight excluding hydrogens is 486 g/mol. The van der Waals surface area contributed by atoms with Crippen LogP contribution in [-0.2, 0) is 26.2 Å². The summed E-state index contributed by atoms with van der Waals surface area (Å²) >= 11 is 0. The predicted octanol–water partition coefficient (Wildman–Crippen LogP) is 4.35. The van der Waals surface area contributed by atoms with Crippen LogP contribution in [0.2, 0.25) is 0 Å². The highest BCUT2D eigenvalue weighted by Crippen LogP contribution is 2.22. The minimum absolute atomic E-state index is 0.119. The Bertz CT molecular complexity index is 1350.